The molecule has 0 aromatic heterocycles. The van der Waals surface area contributed by atoms with E-state index in [1.165, 1.54) is 7.11 Å². The summed E-state index contributed by atoms with van der Waals surface area (Å²) in [5, 5.41) is 3.13. The fourth-order valence-electron chi connectivity index (χ4n) is 2.03. The average Bonchev–Trinajstić information content (AvgIpc) is 2.81. The van der Waals surface area contributed by atoms with Gasteiger partial charge in [-0.05, 0) is 37.6 Å². The van der Waals surface area contributed by atoms with Crippen molar-refractivity contribution in [3.05, 3.63) is 23.8 Å². The molecule has 1 aromatic carbocycles. The highest BCUT2D eigenvalue weighted by Gasteiger charge is 2.25. The molecule has 2 rings (SSSR count). The van der Waals surface area contributed by atoms with Crippen molar-refractivity contribution < 1.29 is 13.2 Å². The summed E-state index contributed by atoms with van der Waals surface area (Å²) in [6.07, 6.45) is 0.813. The van der Waals surface area contributed by atoms with Crippen molar-refractivity contribution in [3.8, 4) is 5.75 Å². The number of hydrogen-bond donors (Lipinski definition) is 2. The summed E-state index contributed by atoms with van der Waals surface area (Å²) in [5.41, 5.74) is 0.890. The molecule has 1 heterocycles. The maximum atomic E-state index is 12.3. The molecule has 1 aliphatic heterocycles. The maximum absolute atomic E-state index is 12.3. The van der Waals surface area contributed by atoms with Gasteiger partial charge in [0.1, 0.15) is 10.6 Å². The lowest BCUT2D eigenvalue weighted by Gasteiger charge is -2.14. The molecular formula is C12H18N2O3S. The molecule has 1 aromatic rings. The molecule has 0 unspecified atom stereocenters. The third kappa shape index (κ3) is 2.82. The van der Waals surface area contributed by atoms with Crippen molar-refractivity contribution in [1.82, 2.24) is 10.0 Å². The minimum atomic E-state index is -3.52. The SMILES string of the molecule is COc1ccc(C)cc1S(=O)(=O)N[C@H]1CCNC1. The summed E-state index contributed by atoms with van der Waals surface area (Å²) in [5.74, 6) is 0.374. The molecule has 0 bridgehead atoms. The van der Waals surface area contributed by atoms with Crippen LogP contribution in [-0.4, -0.2) is 34.7 Å². The second kappa shape index (κ2) is 5.26. The smallest absolute Gasteiger partial charge is 0.244 e. The number of methoxy groups -OCH3 is 1. The van der Waals surface area contributed by atoms with E-state index in [1.807, 2.05) is 13.0 Å². The molecular weight excluding hydrogens is 252 g/mol. The van der Waals surface area contributed by atoms with E-state index in [9.17, 15) is 8.42 Å². The second-order valence-electron chi connectivity index (χ2n) is 4.47. The highest BCUT2D eigenvalue weighted by molar-refractivity contribution is 7.89. The number of ether oxygens (including phenoxy) is 1. The summed E-state index contributed by atoms with van der Waals surface area (Å²) in [4.78, 5) is 0.205. The lowest BCUT2D eigenvalue weighted by molar-refractivity contribution is 0.402. The van der Waals surface area contributed by atoms with Crippen LogP contribution in [0.25, 0.3) is 0 Å². The van der Waals surface area contributed by atoms with Gasteiger partial charge in [0.2, 0.25) is 10.0 Å². The van der Waals surface area contributed by atoms with Gasteiger partial charge >= 0.3 is 0 Å². The largest absolute Gasteiger partial charge is 0.495 e. The number of sulfonamides is 1. The van der Waals surface area contributed by atoms with Crippen LogP contribution >= 0.6 is 0 Å². The lowest BCUT2D eigenvalue weighted by Crippen LogP contribution is -2.36. The zero-order valence-corrected chi connectivity index (χ0v) is 11.4. The highest BCUT2D eigenvalue weighted by atomic mass is 32.2. The Morgan fingerprint density at radius 3 is 2.83 bits per heavy atom. The lowest BCUT2D eigenvalue weighted by atomic mass is 10.2. The third-order valence-corrected chi connectivity index (χ3v) is 4.53. The maximum Gasteiger partial charge on any atom is 0.244 e. The molecule has 5 nitrogen and oxygen atoms in total. The molecule has 0 radical (unpaired) electrons. The summed E-state index contributed by atoms with van der Waals surface area (Å²) >= 11 is 0. The van der Waals surface area contributed by atoms with Gasteiger partial charge in [0.15, 0.2) is 0 Å². The molecule has 2 N–H and O–H groups in total. The molecule has 100 valence electrons. The Balaban J connectivity index is 2.30. The van der Waals surface area contributed by atoms with E-state index in [0.717, 1.165) is 18.5 Å². The standard InChI is InChI=1S/C12H18N2O3S/c1-9-3-4-11(17-2)12(7-9)18(15,16)14-10-5-6-13-8-10/h3-4,7,10,13-14H,5-6,8H2,1-2H3/t10-/m0/s1. The topological polar surface area (TPSA) is 67.4 Å². The van der Waals surface area contributed by atoms with Crippen LogP contribution in [0.3, 0.4) is 0 Å². The van der Waals surface area contributed by atoms with Crippen molar-refractivity contribution >= 4 is 10.0 Å². The fraction of sp³-hybridized carbons (Fsp3) is 0.500. The zero-order chi connectivity index (χ0) is 13.2. The molecule has 1 atom stereocenters. The average molecular weight is 270 g/mol. The Labute approximate surface area is 108 Å². The van der Waals surface area contributed by atoms with Gasteiger partial charge in [0.25, 0.3) is 0 Å². The van der Waals surface area contributed by atoms with Crippen LogP contribution in [0.15, 0.2) is 23.1 Å². The predicted molar refractivity (Wildman–Crippen MR) is 69.3 cm³/mol. The number of benzene rings is 1. The minimum Gasteiger partial charge on any atom is -0.495 e. The Morgan fingerprint density at radius 1 is 1.44 bits per heavy atom. The quantitative estimate of drug-likeness (QED) is 0.843. The van der Waals surface area contributed by atoms with Gasteiger partial charge in [0.05, 0.1) is 7.11 Å². The predicted octanol–water partition coefficient (Wildman–Crippen LogP) is 0.644. The zero-order valence-electron chi connectivity index (χ0n) is 10.6. The van der Waals surface area contributed by atoms with Crippen LogP contribution in [0.5, 0.6) is 5.75 Å². The van der Waals surface area contributed by atoms with E-state index in [1.54, 1.807) is 12.1 Å². The van der Waals surface area contributed by atoms with Gasteiger partial charge in [-0.25, -0.2) is 13.1 Å². The Morgan fingerprint density at radius 2 is 2.22 bits per heavy atom. The van der Waals surface area contributed by atoms with Crippen molar-refractivity contribution in [1.29, 1.82) is 0 Å². The molecule has 6 heteroatoms. The van der Waals surface area contributed by atoms with E-state index in [2.05, 4.69) is 10.0 Å². The molecule has 0 spiro atoms. The normalized spacial score (nSPS) is 20.0. The van der Waals surface area contributed by atoms with Crippen molar-refractivity contribution in [3.63, 3.8) is 0 Å². The highest BCUT2D eigenvalue weighted by Crippen LogP contribution is 2.25. The Hall–Kier alpha value is -1.11. The minimum absolute atomic E-state index is 0.0415. The molecule has 0 amide bonds. The van der Waals surface area contributed by atoms with Gasteiger partial charge in [-0.15, -0.1) is 0 Å². The van der Waals surface area contributed by atoms with Crippen molar-refractivity contribution in [2.75, 3.05) is 20.2 Å². The fourth-order valence-corrected chi connectivity index (χ4v) is 3.56. The first-order valence-corrected chi connectivity index (χ1v) is 7.39. The van der Waals surface area contributed by atoms with Gasteiger partial charge in [0, 0.05) is 12.6 Å². The van der Waals surface area contributed by atoms with Crippen LogP contribution in [0, 0.1) is 6.92 Å². The first-order chi connectivity index (χ1) is 8.53. The van der Waals surface area contributed by atoms with Crippen LogP contribution < -0.4 is 14.8 Å². The van der Waals surface area contributed by atoms with E-state index in [-0.39, 0.29) is 10.9 Å². The second-order valence-corrected chi connectivity index (χ2v) is 6.15. The third-order valence-electron chi connectivity index (χ3n) is 2.99. The molecule has 1 aliphatic rings. The summed E-state index contributed by atoms with van der Waals surface area (Å²) in [6.45, 7) is 3.38. The molecule has 0 saturated carbocycles. The number of hydrogen-bond acceptors (Lipinski definition) is 4. The van der Waals surface area contributed by atoms with Crippen molar-refractivity contribution in [2.45, 2.75) is 24.3 Å². The van der Waals surface area contributed by atoms with E-state index >= 15 is 0 Å². The van der Waals surface area contributed by atoms with Crippen LogP contribution in [0.4, 0.5) is 0 Å². The first-order valence-electron chi connectivity index (χ1n) is 5.90. The van der Waals surface area contributed by atoms with Crippen molar-refractivity contribution in [2.24, 2.45) is 0 Å². The van der Waals surface area contributed by atoms with Gasteiger partial charge in [-0.3, -0.25) is 0 Å². The summed E-state index contributed by atoms with van der Waals surface area (Å²) < 4.78 is 32.4. The van der Waals surface area contributed by atoms with Gasteiger partial charge < -0.3 is 10.1 Å². The van der Waals surface area contributed by atoms with E-state index < -0.39 is 10.0 Å². The number of aryl methyl sites for hydroxylation is 1. The Bertz CT molecular complexity index is 522. The van der Waals surface area contributed by atoms with Gasteiger partial charge in [-0.1, -0.05) is 6.07 Å². The number of nitrogens with one attached hydrogen (secondary N) is 2. The van der Waals surface area contributed by atoms with Crippen LogP contribution in [-0.2, 0) is 10.0 Å². The summed E-state index contributed by atoms with van der Waals surface area (Å²) in [7, 11) is -2.05. The molecule has 1 fully saturated rings. The van der Waals surface area contributed by atoms with Crippen LogP contribution in [0.2, 0.25) is 0 Å². The monoisotopic (exact) mass is 270 g/mol. The Kier molecular flexibility index (Phi) is 3.89. The number of rotatable bonds is 4. The van der Waals surface area contributed by atoms with E-state index in [0.29, 0.717) is 12.3 Å². The van der Waals surface area contributed by atoms with E-state index in [4.69, 9.17) is 4.74 Å². The molecule has 18 heavy (non-hydrogen) atoms. The van der Waals surface area contributed by atoms with Crippen LogP contribution in [0.1, 0.15) is 12.0 Å². The molecule has 1 saturated heterocycles. The summed E-state index contributed by atoms with van der Waals surface area (Å²) in [6, 6.07) is 5.09. The van der Waals surface area contributed by atoms with Gasteiger partial charge in [-0.2, -0.15) is 0 Å². The molecule has 0 aliphatic carbocycles. The first kappa shape index (κ1) is 13.3.